The fourth-order valence-electron chi connectivity index (χ4n) is 3.78. The molecule has 0 rings (SSSR count). The first-order chi connectivity index (χ1) is 17.7. The van der Waals surface area contributed by atoms with Gasteiger partial charge in [0.15, 0.2) is 0 Å². The van der Waals surface area contributed by atoms with E-state index in [1.165, 1.54) is 64.2 Å². The highest BCUT2D eigenvalue weighted by atomic mass is 16.6. The van der Waals surface area contributed by atoms with Gasteiger partial charge in [0.2, 0.25) is 0 Å². The van der Waals surface area contributed by atoms with Gasteiger partial charge in [0.05, 0.1) is 13.2 Å². The monoisotopic (exact) mass is 530 g/mol. The zero-order valence-corrected chi connectivity index (χ0v) is 23.7. The average molecular weight is 531 g/mol. The van der Waals surface area contributed by atoms with Crippen LogP contribution in [0.1, 0.15) is 124 Å². The van der Waals surface area contributed by atoms with E-state index in [-0.39, 0.29) is 13.2 Å². The third-order valence-electron chi connectivity index (χ3n) is 5.71. The molecule has 0 fully saturated rings. The van der Waals surface area contributed by atoms with Crippen molar-refractivity contribution in [2.45, 2.75) is 129 Å². The van der Waals surface area contributed by atoms with Crippen LogP contribution in [-0.4, -0.2) is 61.8 Å². The molecule has 3 N–H and O–H groups in total. The molecule has 9 nitrogen and oxygen atoms in total. The summed E-state index contributed by atoms with van der Waals surface area (Å²) in [6.45, 7) is 7.14. The molecule has 0 saturated carbocycles. The molecule has 0 aliphatic rings. The standard InChI is InChI=1S/C28H54N2O7/c1-28(2,3)37-27(34)30-21-22-35-23-24-36-26(33)29-20-18-16-14-12-10-8-6-4-5-7-9-11-13-15-17-19-25(31)32/h4-24H2,1-3H3,(H,29,33)(H,30,34)(H,31,32). The summed E-state index contributed by atoms with van der Waals surface area (Å²) in [5, 5.41) is 14.0. The van der Waals surface area contributed by atoms with E-state index in [0.29, 0.717) is 26.1 Å². The molecular formula is C28H54N2O7. The SMILES string of the molecule is CC(C)(C)OC(=O)NCCOCCOC(=O)NCCCCCCCCCCCCCCCCCC(=O)O. The van der Waals surface area contributed by atoms with Crippen molar-refractivity contribution in [3.8, 4) is 0 Å². The Morgan fingerprint density at radius 3 is 1.54 bits per heavy atom. The molecule has 0 aromatic heterocycles. The predicted octanol–water partition coefficient (Wildman–Crippen LogP) is 6.58. The Balaban J connectivity index is 3.24. The lowest BCUT2D eigenvalue weighted by atomic mass is 10.0. The van der Waals surface area contributed by atoms with E-state index in [1.807, 2.05) is 0 Å². The highest BCUT2D eigenvalue weighted by Gasteiger charge is 2.15. The van der Waals surface area contributed by atoms with Crippen molar-refractivity contribution in [2.24, 2.45) is 0 Å². The zero-order chi connectivity index (χ0) is 27.6. The number of amides is 2. The maximum absolute atomic E-state index is 11.7. The van der Waals surface area contributed by atoms with Crippen LogP contribution in [0, 0.1) is 0 Å². The number of carbonyl (C=O) groups is 3. The number of unbranched alkanes of at least 4 members (excludes halogenated alkanes) is 14. The second kappa shape index (κ2) is 24.3. The minimum atomic E-state index is -0.682. The molecule has 2 amide bonds. The summed E-state index contributed by atoms with van der Waals surface area (Å²) < 4.78 is 15.5. The lowest BCUT2D eigenvalue weighted by Crippen LogP contribution is -2.34. The summed E-state index contributed by atoms with van der Waals surface area (Å²) in [5.74, 6) is -0.682. The number of rotatable bonds is 24. The van der Waals surface area contributed by atoms with Gasteiger partial charge in [-0.2, -0.15) is 0 Å². The smallest absolute Gasteiger partial charge is 0.407 e. The van der Waals surface area contributed by atoms with E-state index in [0.717, 1.165) is 32.1 Å². The molecule has 0 aromatic rings. The maximum Gasteiger partial charge on any atom is 0.407 e. The summed E-state index contributed by atoms with van der Waals surface area (Å²) >= 11 is 0. The number of alkyl carbamates (subject to hydrolysis) is 2. The fraction of sp³-hybridized carbons (Fsp3) is 0.893. The first kappa shape index (κ1) is 35.0. The number of carboxylic acid groups (broad SMARTS) is 1. The molecule has 0 aliphatic carbocycles. The minimum Gasteiger partial charge on any atom is -0.481 e. The lowest BCUT2D eigenvalue weighted by Gasteiger charge is -2.19. The van der Waals surface area contributed by atoms with Crippen LogP contribution >= 0.6 is 0 Å². The second-order valence-electron chi connectivity index (χ2n) is 10.6. The molecule has 218 valence electrons. The topological polar surface area (TPSA) is 123 Å². The van der Waals surface area contributed by atoms with Crippen LogP contribution in [0.5, 0.6) is 0 Å². The molecule has 0 saturated heterocycles. The third kappa shape index (κ3) is 30.1. The number of hydrogen-bond donors (Lipinski definition) is 3. The first-order valence-electron chi connectivity index (χ1n) is 14.4. The van der Waals surface area contributed by atoms with Crippen LogP contribution in [0.3, 0.4) is 0 Å². The van der Waals surface area contributed by atoms with Gasteiger partial charge in [-0.25, -0.2) is 9.59 Å². The van der Waals surface area contributed by atoms with E-state index in [4.69, 9.17) is 19.3 Å². The largest absolute Gasteiger partial charge is 0.481 e. The van der Waals surface area contributed by atoms with Gasteiger partial charge in [0, 0.05) is 19.5 Å². The summed E-state index contributed by atoms with van der Waals surface area (Å²) in [6, 6.07) is 0. The highest BCUT2D eigenvalue weighted by molar-refractivity contribution is 5.67. The van der Waals surface area contributed by atoms with Crippen LogP contribution in [-0.2, 0) is 19.0 Å². The van der Waals surface area contributed by atoms with Crippen LogP contribution in [0.2, 0.25) is 0 Å². The Hall–Kier alpha value is -2.03. The minimum absolute atomic E-state index is 0.173. The second-order valence-corrected chi connectivity index (χ2v) is 10.6. The van der Waals surface area contributed by atoms with E-state index in [9.17, 15) is 14.4 Å². The van der Waals surface area contributed by atoms with Gasteiger partial charge in [-0.15, -0.1) is 0 Å². The Morgan fingerprint density at radius 2 is 1.05 bits per heavy atom. The molecule has 0 bridgehead atoms. The molecule has 0 aromatic carbocycles. The van der Waals surface area contributed by atoms with Crippen LogP contribution < -0.4 is 10.6 Å². The van der Waals surface area contributed by atoms with Crippen LogP contribution in [0.15, 0.2) is 0 Å². The summed E-state index contributed by atoms with van der Waals surface area (Å²) in [4.78, 5) is 33.6. The predicted molar refractivity (Wildman–Crippen MR) is 146 cm³/mol. The van der Waals surface area contributed by atoms with Gasteiger partial charge in [-0.05, 0) is 33.6 Å². The molecule has 0 aliphatic heterocycles. The van der Waals surface area contributed by atoms with E-state index in [2.05, 4.69) is 10.6 Å². The molecule has 0 radical (unpaired) electrons. The van der Waals surface area contributed by atoms with E-state index in [1.54, 1.807) is 20.8 Å². The summed E-state index contributed by atoms with van der Waals surface area (Å²) in [5.41, 5.74) is -0.526. The number of nitrogens with one attached hydrogen (secondary N) is 2. The fourth-order valence-corrected chi connectivity index (χ4v) is 3.78. The normalized spacial score (nSPS) is 11.2. The van der Waals surface area contributed by atoms with Crippen molar-refractivity contribution in [1.29, 1.82) is 0 Å². The zero-order valence-electron chi connectivity index (χ0n) is 23.7. The molecule has 37 heavy (non-hydrogen) atoms. The van der Waals surface area contributed by atoms with E-state index >= 15 is 0 Å². The molecule has 0 heterocycles. The summed E-state index contributed by atoms with van der Waals surface area (Å²) in [6.07, 6.45) is 17.3. The molecule has 0 unspecified atom stereocenters. The first-order valence-corrected chi connectivity index (χ1v) is 14.4. The van der Waals surface area contributed by atoms with Crippen molar-refractivity contribution in [2.75, 3.05) is 32.9 Å². The molecule has 0 spiro atoms. The van der Waals surface area contributed by atoms with Crippen molar-refractivity contribution < 1.29 is 33.7 Å². The average Bonchev–Trinajstić information content (AvgIpc) is 2.81. The van der Waals surface area contributed by atoms with Crippen LogP contribution in [0.4, 0.5) is 9.59 Å². The van der Waals surface area contributed by atoms with Gasteiger partial charge in [0.25, 0.3) is 0 Å². The van der Waals surface area contributed by atoms with Crippen molar-refractivity contribution in [3.63, 3.8) is 0 Å². The Kier molecular flexibility index (Phi) is 23.0. The number of ether oxygens (including phenoxy) is 3. The van der Waals surface area contributed by atoms with Crippen LogP contribution in [0.25, 0.3) is 0 Å². The van der Waals surface area contributed by atoms with Gasteiger partial charge in [-0.3, -0.25) is 4.79 Å². The Bertz CT molecular complexity index is 579. The Labute approximate surface area is 224 Å². The highest BCUT2D eigenvalue weighted by Crippen LogP contribution is 2.13. The quantitative estimate of drug-likeness (QED) is 0.120. The number of hydrogen-bond acceptors (Lipinski definition) is 6. The molecular weight excluding hydrogens is 476 g/mol. The lowest BCUT2D eigenvalue weighted by molar-refractivity contribution is -0.137. The van der Waals surface area contributed by atoms with Crippen molar-refractivity contribution in [3.05, 3.63) is 0 Å². The van der Waals surface area contributed by atoms with Gasteiger partial charge >= 0.3 is 18.2 Å². The molecule has 9 heteroatoms. The van der Waals surface area contributed by atoms with Gasteiger partial charge in [0.1, 0.15) is 12.2 Å². The summed E-state index contributed by atoms with van der Waals surface area (Å²) in [7, 11) is 0. The Morgan fingerprint density at radius 1 is 0.595 bits per heavy atom. The van der Waals surface area contributed by atoms with Gasteiger partial charge < -0.3 is 30.0 Å². The number of carbonyl (C=O) groups excluding carboxylic acids is 2. The molecule has 0 atom stereocenters. The number of aliphatic carboxylic acids is 1. The van der Waals surface area contributed by atoms with E-state index < -0.39 is 23.8 Å². The third-order valence-corrected chi connectivity index (χ3v) is 5.71. The van der Waals surface area contributed by atoms with Crippen molar-refractivity contribution in [1.82, 2.24) is 10.6 Å². The number of carboxylic acids is 1. The van der Waals surface area contributed by atoms with Crippen molar-refractivity contribution >= 4 is 18.2 Å². The van der Waals surface area contributed by atoms with Gasteiger partial charge in [-0.1, -0.05) is 83.5 Å². The maximum atomic E-state index is 11.7.